The number of nitrogens with zero attached hydrogens (tertiary/aromatic N) is 3. The van der Waals surface area contributed by atoms with Gasteiger partial charge in [0.25, 0.3) is 0 Å². The van der Waals surface area contributed by atoms with Crippen LogP contribution in [0.5, 0.6) is 5.75 Å². The maximum atomic E-state index is 12.6. The van der Waals surface area contributed by atoms with Gasteiger partial charge in [0.05, 0.1) is 23.7 Å². The molecule has 3 rings (SSSR count). The van der Waals surface area contributed by atoms with E-state index in [9.17, 15) is 4.79 Å². The molecule has 26 heavy (non-hydrogen) atoms. The van der Waals surface area contributed by atoms with Gasteiger partial charge in [0.1, 0.15) is 5.75 Å². The number of benzene rings is 1. The monoisotopic (exact) mass is 354 g/mol. The van der Waals surface area contributed by atoms with Crippen molar-refractivity contribution in [1.82, 2.24) is 9.88 Å². The van der Waals surface area contributed by atoms with E-state index in [1.54, 1.807) is 6.20 Å². The van der Waals surface area contributed by atoms with E-state index in [1.807, 2.05) is 54.4 Å². The number of hydrogen-bond donors (Lipinski definition) is 1. The van der Waals surface area contributed by atoms with Gasteiger partial charge in [0.15, 0.2) is 0 Å². The van der Waals surface area contributed by atoms with Crippen LogP contribution in [0.4, 0.5) is 16.2 Å². The van der Waals surface area contributed by atoms with Crippen LogP contribution in [0.25, 0.3) is 0 Å². The van der Waals surface area contributed by atoms with Crippen molar-refractivity contribution in [2.24, 2.45) is 0 Å². The third-order valence-electron chi connectivity index (χ3n) is 4.61. The third kappa shape index (κ3) is 4.45. The average Bonchev–Trinajstić information content (AvgIpc) is 2.70. The second-order valence-electron chi connectivity index (χ2n) is 6.45. The summed E-state index contributed by atoms with van der Waals surface area (Å²) in [5.41, 5.74) is 1.81. The van der Waals surface area contributed by atoms with Crippen LogP contribution in [0.2, 0.25) is 0 Å². The summed E-state index contributed by atoms with van der Waals surface area (Å²) >= 11 is 0. The van der Waals surface area contributed by atoms with Crippen LogP contribution in [0.15, 0.2) is 48.8 Å². The van der Waals surface area contributed by atoms with Crippen LogP contribution in [-0.2, 0) is 0 Å². The van der Waals surface area contributed by atoms with Crippen LogP contribution < -0.4 is 15.0 Å². The van der Waals surface area contributed by atoms with Crippen LogP contribution in [-0.4, -0.2) is 48.2 Å². The molecule has 6 heteroatoms. The van der Waals surface area contributed by atoms with Crippen molar-refractivity contribution in [2.45, 2.75) is 26.4 Å². The maximum Gasteiger partial charge on any atom is 0.322 e. The van der Waals surface area contributed by atoms with Gasteiger partial charge in [-0.3, -0.25) is 4.98 Å². The zero-order valence-electron chi connectivity index (χ0n) is 15.4. The highest BCUT2D eigenvalue weighted by molar-refractivity contribution is 5.91. The molecule has 2 amide bonds. The summed E-state index contributed by atoms with van der Waals surface area (Å²) in [5, 5.41) is 3.00. The fraction of sp³-hybridized carbons (Fsp3) is 0.400. The lowest BCUT2D eigenvalue weighted by atomic mass is 10.2. The minimum absolute atomic E-state index is 0.0870. The number of rotatable bonds is 5. The van der Waals surface area contributed by atoms with Gasteiger partial charge in [-0.05, 0) is 37.6 Å². The molecule has 1 fully saturated rings. The molecule has 0 saturated carbocycles. The van der Waals surface area contributed by atoms with Gasteiger partial charge in [0, 0.05) is 32.4 Å². The minimum Gasteiger partial charge on any atom is -0.489 e. The molecule has 1 aliphatic rings. The lowest BCUT2D eigenvalue weighted by Crippen LogP contribution is -2.50. The van der Waals surface area contributed by atoms with Gasteiger partial charge < -0.3 is 19.9 Å². The lowest BCUT2D eigenvalue weighted by Gasteiger charge is -2.35. The Morgan fingerprint density at radius 1 is 1.19 bits per heavy atom. The van der Waals surface area contributed by atoms with Crippen molar-refractivity contribution in [2.75, 3.05) is 36.4 Å². The van der Waals surface area contributed by atoms with Crippen LogP contribution in [0.1, 0.15) is 20.3 Å². The van der Waals surface area contributed by atoms with Crippen molar-refractivity contribution in [3.8, 4) is 5.75 Å². The van der Waals surface area contributed by atoms with Crippen molar-refractivity contribution in [3.63, 3.8) is 0 Å². The van der Waals surface area contributed by atoms with Gasteiger partial charge in [-0.15, -0.1) is 0 Å². The molecule has 138 valence electrons. The summed E-state index contributed by atoms with van der Waals surface area (Å²) in [6.45, 7) is 7.04. The fourth-order valence-corrected chi connectivity index (χ4v) is 2.88. The maximum absolute atomic E-state index is 12.6. The van der Waals surface area contributed by atoms with Crippen molar-refractivity contribution < 1.29 is 9.53 Å². The van der Waals surface area contributed by atoms with E-state index in [0.29, 0.717) is 24.5 Å². The largest absolute Gasteiger partial charge is 0.489 e. The number of para-hydroxylation sites is 2. The van der Waals surface area contributed by atoms with E-state index < -0.39 is 0 Å². The van der Waals surface area contributed by atoms with Gasteiger partial charge in [-0.2, -0.15) is 0 Å². The Labute approximate surface area is 154 Å². The molecule has 1 aromatic heterocycles. The van der Waals surface area contributed by atoms with Crippen LogP contribution in [0, 0.1) is 0 Å². The molecule has 2 aromatic rings. The number of carbonyl (C=O) groups excluding carboxylic acids is 1. The highest BCUT2D eigenvalue weighted by Gasteiger charge is 2.22. The lowest BCUT2D eigenvalue weighted by molar-refractivity contribution is 0.206. The number of nitrogens with one attached hydrogen (secondary N) is 1. The van der Waals surface area contributed by atoms with Crippen LogP contribution >= 0.6 is 0 Å². The Balaban J connectivity index is 1.58. The summed E-state index contributed by atoms with van der Waals surface area (Å²) in [6.07, 6.45) is 4.65. The molecule has 1 saturated heterocycles. The minimum atomic E-state index is -0.0870. The van der Waals surface area contributed by atoms with E-state index in [0.717, 1.165) is 25.2 Å². The number of hydrogen-bond acceptors (Lipinski definition) is 4. The Hall–Kier alpha value is -2.76. The first-order chi connectivity index (χ1) is 12.7. The molecule has 1 aliphatic heterocycles. The highest BCUT2D eigenvalue weighted by atomic mass is 16.5. The number of aromatic nitrogens is 1. The second-order valence-corrected chi connectivity index (χ2v) is 6.45. The molecule has 1 atom stereocenters. The highest BCUT2D eigenvalue weighted by Crippen LogP contribution is 2.26. The Morgan fingerprint density at radius 2 is 1.96 bits per heavy atom. The molecule has 0 aliphatic carbocycles. The molecule has 1 aromatic carbocycles. The summed E-state index contributed by atoms with van der Waals surface area (Å²) in [6, 6.07) is 11.5. The number of piperazine rings is 1. The normalized spacial score (nSPS) is 15.5. The van der Waals surface area contributed by atoms with Gasteiger partial charge in [0.2, 0.25) is 0 Å². The van der Waals surface area contributed by atoms with E-state index in [2.05, 4.69) is 22.1 Å². The van der Waals surface area contributed by atoms with Crippen LogP contribution in [0.3, 0.4) is 0 Å². The Morgan fingerprint density at radius 3 is 2.65 bits per heavy atom. The first-order valence-corrected chi connectivity index (χ1v) is 9.14. The topological polar surface area (TPSA) is 57.7 Å². The van der Waals surface area contributed by atoms with Gasteiger partial charge in [-0.25, -0.2) is 4.79 Å². The number of carbonyl (C=O) groups is 1. The molecular weight excluding hydrogens is 328 g/mol. The summed E-state index contributed by atoms with van der Waals surface area (Å²) < 4.78 is 5.91. The van der Waals surface area contributed by atoms with Crippen molar-refractivity contribution >= 4 is 17.4 Å². The first kappa shape index (κ1) is 18.0. The summed E-state index contributed by atoms with van der Waals surface area (Å²) in [7, 11) is 0. The molecule has 2 heterocycles. The number of urea groups is 1. The van der Waals surface area contributed by atoms with Crippen molar-refractivity contribution in [1.29, 1.82) is 0 Å². The Kier molecular flexibility index (Phi) is 5.94. The SMILES string of the molecule is CCC(C)Oc1ccccc1NC(=O)N1CCN(c2cccnc2)CC1. The zero-order valence-corrected chi connectivity index (χ0v) is 15.4. The molecule has 1 N–H and O–H groups in total. The summed E-state index contributed by atoms with van der Waals surface area (Å²) in [5.74, 6) is 0.712. The Bertz CT molecular complexity index is 715. The standard InChI is InChI=1S/C20H26N4O2/c1-3-16(2)26-19-9-5-4-8-18(19)22-20(25)24-13-11-23(12-14-24)17-7-6-10-21-15-17/h4-10,15-16H,3,11-14H2,1-2H3,(H,22,25). The predicted molar refractivity (Wildman–Crippen MR) is 104 cm³/mol. The smallest absolute Gasteiger partial charge is 0.322 e. The average molecular weight is 354 g/mol. The van der Waals surface area contributed by atoms with E-state index in [4.69, 9.17) is 4.74 Å². The molecule has 6 nitrogen and oxygen atoms in total. The molecule has 0 bridgehead atoms. The quantitative estimate of drug-likeness (QED) is 0.891. The van der Waals surface area contributed by atoms with Gasteiger partial charge in [-0.1, -0.05) is 19.1 Å². The predicted octanol–water partition coefficient (Wildman–Crippen LogP) is 3.61. The van der Waals surface area contributed by atoms with E-state index >= 15 is 0 Å². The zero-order chi connectivity index (χ0) is 18.4. The van der Waals surface area contributed by atoms with Crippen molar-refractivity contribution in [3.05, 3.63) is 48.8 Å². The van der Waals surface area contributed by atoms with Gasteiger partial charge >= 0.3 is 6.03 Å². The number of amides is 2. The number of ether oxygens (including phenoxy) is 1. The summed E-state index contributed by atoms with van der Waals surface area (Å²) in [4.78, 5) is 20.9. The first-order valence-electron chi connectivity index (χ1n) is 9.14. The fourth-order valence-electron chi connectivity index (χ4n) is 2.88. The molecule has 0 radical (unpaired) electrons. The molecular formula is C20H26N4O2. The molecule has 1 unspecified atom stereocenters. The second kappa shape index (κ2) is 8.56. The number of anilines is 2. The van der Waals surface area contributed by atoms with E-state index in [1.165, 1.54) is 0 Å². The molecule has 0 spiro atoms. The van der Waals surface area contributed by atoms with E-state index in [-0.39, 0.29) is 12.1 Å². The number of pyridine rings is 1. The third-order valence-corrected chi connectivity index (χ3v) is 4.61.